The summed E-state index contributed by atoms with van der Waals surface area (Å²) in [6, 6.07) is 5.62. The van der Waals surface area contributed by atoms with Gasteiger partial charge in [-0.15, -0.1) is 0 Å². The summed E-state index contributed by atoms with van der Waals surface area (Å²) in [5.41, 5.74) is 1.78. The van der Waals surface area contributed by atoms with E-state index in [0.29, 0.717) is 12.1 Å². The van der Waals surface area contributed by atoms with Crippen molar-refractivity contribution in [3.05, 3.63) is 33.8 Å². The lowest BCUT2D eigenvalue weighted by molar-refractivity contribution is 0.0754. The van der Waals surface area contributed by atoms with Crippen molar-refractivity contribution in [1.29, 1.82) is 0 Å². The fourth-order valence-electron chi connectivity index (χ4n) is 1.64. The lowest BCUT2D eigenvalue weighted by Crippen LogP contribution is -2.24. The highest BCUT2D eigenvalue weighted by molar-refractivity contribution is 9.10. The third-order valence-corrected chi connectivity index (χ3v) is 3.62. The highest BCUT2D eigenvalue weighted by Crippen LogP contribution is 2.16. The SMILES string of the molecule is Cc1cc(C(=O)NCCCCOC(C)C)ccc1Br. The predicted octanol–water partition coefficient (Wildman–Crippen LogP) is 3.69. The molecule has 0 heterocycles. The van der Waals surface area contributed by atoms with E-state index in [1.807, 2.05) is 39.0 Å². The first-order chi connectivity index (χ1) is 9.00. The molecule has 0 spiro atoms. The zero-order valence-corrected chi connectivity index (χ0v) is 13.4. The van der Waals surface area contributed by atoms with E-state index < -0.39 is 0 Å². The highest BCUT2D eigenvalue weighted by atomic mass is 79.9. The molecule has 1 N–H and O–H groups in total. The largest absolute Gasteiger partial charge is 0.379 e. The Morgan fingerprint density at radius 1 is 1.37 bits per heavy atom. The minimum absolute atomic E-state index is 0.0135. The van der Waals surface area contributed by atoms with Crippen LogP contribution in [0.25, 0.3) is 0 Å². The van der Waals surface area contributed by atoms with E-state index in [4.69, 9.17) is 4.74 Å². The molecule has 0 aromatic heterocycles. The Morgan fingerprint density at radius 2 is 2.11 bits per heavy atom. The van der Waals surface area contributed by atoms with Gasteiger partial charge < -0.3 is 10.1 Å². The van der Waals surface area contributed by atoms with Crippen LogP contribution in [0.4, 0.5) is 0 Å². The average molecular weight is 328 g/mol. The van der Waals surface area contributed by atoms with Crippen molar-refractivity contribution < 1.29 is 9.53 Å². The van der Waals surface area contributed by atoms with E-state index in [9.17, 15) is 4.79 Å². The number of rotatable bonds is 7. The van der Waals surface area contributed by atoms with E-state index in [1.165, 1.54) is 0 Å². The number of carbonyl (C=O) groups excluding carboxylic acids is 1. The van der Waals surface area contributed by atoms with Gasteiger partial charge in [0.25, 0.3) is 5.91 Å². The summed E-state index contributed by atoms with van der Waals surface area (Å²) in [6.45, 7) is 7.47. The molecule has 0 radical (unpaired) electrons. The Labute approximate surface area is 123 Å². The fraction of sp³-hybridized carbons (Fsp3) is 0.533. The highest BCUT2D eigenvalue weighted by Gasteiger charge is 2.06. The quantitative estimate of drug-likeness (QED) is 0.775. The minimum Gasteiger partial charge on any atom is -0.379 e. The van der Waals surface area contributed by atoms with Crippen LogP contribution in [0, 0.1) is 6.92 Å². The third kappa shape index (κ3) is 6.21. The summed E-state index contributed by atoms with van der Waals surface area (Å²) in [4.78, 5) is 11.9. The van der Waals surface area contributed by atoms with Crippen LogP contribution in [0.3, 0.4) is 0 Å². The molecule has 3 nitrogen and oxygen atoms in total. The molecule has 0 bridgehead atoms. The van der Waals surface area contributed by atoms with Crippen molar-refractivity contribution in [3.63, 3.8) is 0 Å². The van der Waals surface area contributed by atoms with Crippen molar-refractivity contribution in [2.45, 2.75) is 39.7 Å². The Kier molecular flexibility index (Phi) is 7.10. The van der Waals surface area contributed by atoms with Gasteiger partial charge in [0.1, 0.15) is 0 Å². The van der Waals surface area contributed by atoms with Crippen LogP contribution in [-0.4, -0.2) is 25.2 Å². The lowest BCUT2D eigenvalue weighted by atomic mass is 10.1. The number of unbranched alkanes of at least 4 members (excludes halogenated alkanes) is 1. The second-order valence-corrected chi connectivity index (χ2v) is 5.70. The molecule has 4 heteroatoms. The van der Waals surface area contributed by atoms with Gasteiger partial charge in [-0.05, 0) is 57.4 Å². The molecule has 0 aliphatic heterocycles. The van der Waals surface area contributed by atoms with Crippen LogP contribution in [0.2, 0.25) is 0 Å². The minimum atomic E-state index is -0.0135. The normalized spacial score (nSPS) is 10.8. The summed E-state index contributed by atoms with van der Waals surface area (Å²) < 4.78 is 6.47. The van der Waals surface area contributed by atoms with Crippen molar-refractivity contribution in [2.75, 3.05) is 13.2 Å². The first-order valence-corrected chi connectivity index (χ1v) is 7.46. The van der Waals surface area contributed by atoms with Gasteiger partial charge in [0.05, 0.1) is 6.10 Å². The standard InChI is InChI=1S/C15H22BrNO2/c1-11(2)19-9-5-4-8-17-15(18)13-6-7-14(16)12(3)10-13/h6-7,10-11H,4-5,8-9H2,1-3H3,(H,17,18). The summed E-state index contributed by atoms with van der Waals surface area (Å²) >= 11 is 3.43. The summed E-state index contributed by atoms with van der Waals surface area (Å²) in [6.07, 6.45) is 2.19. The predicted molar refractivity (Wildman–Crippen MR) is 81.5 cm³/mol. The van der Waals surface area contributed by atoms with Gasteiger partial charge in [-0.3, -0.25) is 4.79 Å². The van der Waals surface area contributed by atoms with Crippen LogP contribution in [0.5, 0.6) is 0 Å². The second-order valence-electron chi connectivity index (χ2n) is 4.85. The maximum Gasteiger partial charge on any atom is 0.251 e. The Hall–Kier alpha value is -0.870. The number of aryl methyl sites for hydroxylation is 1. The van der Waals surface area contributed by atoms with Crippen LogP contribution < -0.4 is 5.32 Å². The number of amides is 1. The summed E-state index contributed by atoms with van der Waals surface area (Å²) in [5, 5.41) is 2.92. The number of hydrogen-bond donors (Lipinski definition) is 1. The molecule has 1 amide bonds. The first kappa shape index (κ1) is 16.2. The molecule has 0 aliphatic rings. The molecule has 0 unspecified atom stereocenters. The van der Waals surface area contributed by atoms with Crippen LogP contribution in [0.1, 0.15) is 42.6 Å². The number of benzene rings is 1. The lowest BCUT2D eigenvalue weighted by Gasteiger charge is -2.08. The third-order valence-electron chi connectivity index (χ3n) is 2.73. The molecule has 1 rings (SSSR count). The van der Waals surface area contributed by atoms with E-state index >= 15 is 0 Å². The van der Waals surface area contributed by atoms with Gasteiger partial charge in [-0.1, -0.05) is 15.9 Å². The van der Waals surface area contributed by atoms with Gasteiger partial charge >= 0.3 is 0 Å². The first-order valence-electron chi connectivity index (χ1n) is 6.66. The molecule has 106 valence electrons. The topological polar surface area (TPSA) is 38.3 Å². The molecule has 1 aromatic carbocycles. The summed E-state index contributed by atoms with van der Waals surface area (Å²) in [5.74, 6) is -0.0135. The van der Waals surface area contributed by atoms with E-state index in [2.05, 4.69) is 21.2 Å². The van der Waals surface area contributed by atoms with Gasteiger partial charge in [0.2, 0.25) is 0 Å². The maximum absolute atomic E-state index is 11.9. The van der Waals surface area contributed by atoms with Crippen LogP contribution in [0.15, 0.2) is 22.7 Å². The molecule has 19 heavy (non-hydrogen) atoms. The average Bonchev–Trinajstić information content (AvgIpc) is 2.36. The summed E-state index contributed by atoms with van der Waals surface area (Å²) in [7, 11) is 0. The Balaban J connectivity index is 2.26. The smallest absolute Gasteiger partial charge is 0.251 e. The monoisotopic (exact) mass is 327 g/mol. The van der Waals surface area contributed by atoms with E-state index in [1.54, 1.807) is 0 Å². The molecule has 0 fully saturated rings. The Morgan fingerprint density at radius 3 is 2.74 bits per heavy atom. The number of halogens is 1. The van der Waals surface area contributed by atoms with Crippen LogP contribution in [-0.2, 0) is 4.74 Å². The van der Waals surface area contributed by atoms with Gasteiger partial charge in [0.15, 0.2) is 0 Å². The molecular weight excluding hydrogens is 306 g/mol. The van der Waals surface area contributed by atoms with Crippen molar-refractivity contribution in [1.82, 2.24) is 5.32 Å². The maximum atomic E-state index is 11.9. The number of nitrogens with one attached hydrogen (secondary N) is 1. The molecular formula is C15H22BrNO2. The fourth-order valence-corrected chi connectivity index (χ4v) is 1.88. The van der Waals surface area contributed by atoms with Gasteiger partial charge in [0, 0.05) is 23.2 Å². The van der Waals surface area contributed by atoms with Gasteiger partial charge in [-0.25, -0.2) is 0 Å². The molecule has 0 aliphatic carbocycles. The van der Waals surface area contributed by atoms with Crippen molar-refractivity contribution in [3.8, 4) is 0 Å². The van der Waals surface area contributed by atoms with Crippen molar-refractivity contribution in [2.24, 2.45) is 0 Å². The zero-order chi connectivity index (χ0) is 14.3. The second kappa shape index (κ2) is 8.33. The van der Waals surface area contributed by atoms with Crippen LogP contribution >= 0.6 is 15.9 Å². The number of carbonyl (C=O) groups is 1. The molecule has 0 saturated heterocycles. The molecule has 1 aromatic rings. The van der Waals surface area contributed by atoms with E-state index in [-0.39, 0.29) is 12.0 Å². The van der Waals surface area contributed by atoms with Crippen molar-refractivity contribution >= 4 is 21.8 Å². The zero-order valence-electron chi connectivity index (χ0n) is 11.8. The number of hydrogen-bond acceptors (Lipinski definition) is 2. The molecule has 0 atom stereocenters. The van der Waals surface area contributed by atoms with E-state index in [0.717, 1.165) is 29.5 Å². The van der Waals surface area contributed by atoms with Gasteiger partial charge in [-0.2, -0.15) is 0 Å². The molecule has 0 saturated carbocycles. The number of ether oxygens (including phenoxy) is 1. The Bertz CT molecular complexity index is 419.